The number of aromatic nitrogens is 3. The molecular formula is C19H21N5O. The molecule has 3 aromatic rings. The van der Waals surface area contributed by atoms with E-state index in [0.29, 0.717) is 5.69 Å². The van der Waals surface area contributed by atoms with Crippen molar-refractivity contribution in [3.63, 3.8) is 0 Å². The van der Waals surface area contributed by atoms with Gasteiger partial charge in [-0.2, -0.15) is 5.10 Å². The highest BCUT2D eigenvalue weighted by atomic mass is 16.2. The zero-order valence-corrected chi connectivity index (χ0v) is 14.0. The van der Waals surface area contributed by atoms with Gasteiger partial charge in [0.15, 0.2) is 0 Å². The van der Waals surface area contributed by atoms with E-state index in [-0.39, 0.29) is 5.91 Å². The first-order valence-corrected chi connectivity index (χ1v) is 8.53. The summed E-state index contributed by atoms with van der Waals surface area (Å²) in [5.74, 6) is 0.0883. The van der Waals surface area contributed by atoms with E-state index in [9.17, 15) is 4.79 Å². The maximum absolute atomic E-state index is 12.4. The molecule has 4 rings (SSSR count). The van der Waals surface area contributed by atoms with Crippen LogP contribution >= 0.6 is 0 Å². The van der Waals surface area contributed by atoms with Crippen molar-refractivity contribution in [1.82, 2.24) is 24.6 Å². The van der Waals surface area contributed by atoms with Crippen LogP contribution in [0.5, 0.6) is 0 Å². The fraction of sp³-hybridized carbons (Fsp3) is 0.263. The van der Waals surface area contributed by atoms with Crippen LogP contribution < -0.4 is 0 Å². The second-order valence-corrected chi connectivity index (χ2v) is 6.27. The molecule has 1 N–H and O–H groups in total. The molecule has 6 nitrogen and oxygen atoms in total. The Kier molecular flexibility index (Phi) is 4.35. The summed E-state index contributed by atoms with van der Waals surface area (Å²) in [5, 5.41) is 4.28. The van der Waals surface area contributed by atoms with Gasteiger partial charge in [-0.1, -0.05) is 12.1 Å². The number of nitrogens with one attached hydrogen (secondary N) is 1. The zero-order valence-electron chi connectivity index (χ0n) is 14.0. The molecule has 1 saturated heterocycles. The Morgan fingerprint density at radius 1 is 1.08 bits per heavy atom. The number of hydrogen-bond donors (Lipinski definition) is 1. The molecule has 1 fully saturated rings. The molecule has 1 aliphatic heterocycles. The Balaban J connectivity index is 1.36. The molecule has 1 aliphatic rings. The Morgan fingerprint density at radius 3 is 2.68 bits per heavy atom. The summed E-state index contributed by atoms with van der Waals surface area (Å²) >= 11 is 0. The minimum atomic E-state index is 0.0883. The first-order chi connectivity index (χ1) is 12.3. The largest absolute Gasteiger partial charge is 0.357 e. The van der Waals surface area contributed by atoms with Crippen molar-refractivity contribution in [3.8, 4) is 5.69 Å². The lowest BCUT2D eigenvalue weighted by Gasteiger charge is -2.34. The quantitative estimate of drug-likeness (QED) is 0.795. The lowest BCUT2D eigenvalue weighted by Crippen LogP contribution is -2.48. The van der Waals surface area contributed by atoms with Crippen LogP contribution in [0.2, 0.25) is 0 Å². The van der Waals surface area contributed by atoms with Gasteiger partial charge in [0.2, 0.25) is 0 Å². The second kappa shape index (κ2) is 6.94. The van der Waals surface area contributed by atoms with Gasteiger partial charge in [-0.3, -0.25) is 9.69 Å². The lowest BCUT2D eigenvalue weighted by atomic mass is 10.1. The van der Waals surface area contributed by atoms with Gasteiger partial charge in [-0.15, -0.1) is 0 Å². The molecule has 6 heteroatoms. The van der Waals surface area contributed by atoms with Gasteiger partial charge >= 0.3 is 0 Å². The van der Waals surface area contributed by atoms with Crippen LogP contribution in [0.3, 0.4) is 0 Å². The van der Waals surface area contributed by atoms with Crippen molar-refractivity contribution in [2.45, 2.75) is 6.54 Å². The maximum Gasteiger partial charge on any atom is 0.270 e. The number of nitrogens with zero attached hydrogens (tertiary/aromatic N) is 4. The topological polar surface area (TPSA) is 57.2 Å². The Labute approximate surface area is 146 Å². The third-order valence-corrected chi connectivity index (χ3v) is 4.57. The van der Waals surface area contributed by atoms with Crippen LogP contribution in [-0.2, 0) is 6.54 Å². The Hall–Kier alpha value is -2.86. The molecule has 0 unspecified atom stereocenters. The van der Waals surface area contributed by atoms with E-state index < -0.39 is 0 Å². The van der Waals surface area contributed by atoms with Crippen LogP contribution in [0.25, 0.3) is 5.69 Å². The van der Waals surface area contributed by atoms with E-state index in [0.717, 1.165) is 38.4 Å². The van der Waals surface area contributed by atoms with E-state index in [1.807, 2.05) is 34.0 Å². The van der Waals surface area contributed by atoms with Gasteiger partial charge in [0.1, 0.15) is 5.69 Å². The van der Waals surface area contributed by atoms with Crippen molar-refractivity contribution >= 4 is 5.91 Å². The molecule has 0 saturated carbocycles. The highest BCUT2D eigenvalue weighted by molar-refractivity contribution is 5.92. The number of benzene rings is 1. The standard InChI is InChI=1S/C19H21N5O/c25-19(18-6-2-7-20-18)23-12-10-22(11-13-23)15-16-4-1-5-17(14-16)24-9-3-8-21-24/h1-9,14,20H,10-13,15H2. The summed E-state index contributed by atoms with van der Waals surface area (Å²) < 4.78 is 1.87. The zero-order chi connectivity index (χ0) is 17.1. The number of piperazine rings is 1. The van der Waals surface area contributed by atoms with Gasteiger partial charge in [0.25, 0.3) is 5.91 Å². The third-order valence-electron chi connectivity index (χ3n) is 4.57. The van der Waals surface area contributed by atoms with Gasteiger partial charge in [-0.25, -0.2) is 4.68 Å². The molecule has 0 atom stereocenters. The van der Waals surface area contributed by atoms with E-state index in [4.69, 9.17) is 0 Å². The summed E-state index contributed by atoms with van der Waals surface area (Å²) in [4.78, 5) is 19.7. The van der Waals surface area contributed by atoms with E-state index in [1.165, 1.54) is 5.56 Å². The molecule has 25 heavy (non-hydrogen) atoms. The van der Waals surface area contributed by atoms with Gasteiger partial charge in [0, 0.05) is 51.3 Å². The summed E-state index contributed by atoms with van der Waals surface area (Å²) in [6.45, 7) is 4.18. The van der Waals surface area contributed by atoms with Crippen molar-refractivity contribution < 1.29 is 4.79 Å². The normalized spacial score (nSPS) is 15.4. The number of carbonyl (C=O) groups excluding carboxylic acids is 1. The molecule has 0 bridgehead atoms. The highest BCUT2D eigenvalue weighted by Crippen LogP contribution is 2.14. The van der Waals surface area contributed by atoms with Crippen LogP contribution in [0.1, 0.15) is 16.1 Å². The molecule has 128 valence electrons. The Morgan fingerprint density at radius 2 is 1.96 bits per heavy atom. The van der Waals surface area contributed by atoms with Crippen molar-refractivity contribution in [2.75, 3.05) is 26.2 Å². The van der Waals surface area contributed by atoms with Gasteiger partial charge < -0.3 is 9.88 Å². The van der Waals surface area contributed by atoms with Gasteiger partial charge in [-0.05, 0) is 35.9 Å². The summed E-state index contributed by atoms with van der Waals surface area (Å²) in [6.07, 6.45) is 5.52. The first-order valence-electron chi connectivity index (χ1n) is 8.53. The van der Waals surface area contributed by atoms with Gasteiger partial charge in [0.05, 0.1) is 5.69 Å². The number of H-pyrrole nitrogens is 1. The molecule has 0 aliphatic carbocycles. The fourth-order valence-electron chi connectivity index (χ4n) is 3.22. The molecular weight excluding hydrogens is 314 g/mol. The number of amides is 1. The SMILES string of the molecule is O=C(c1ccc[nH]1)N1CCN(Cc2cccc(-n3cccn3)c2)CC1. The monoisotopic (exact) mass is 335 g/mol. The molecule has 3 heterocycles. The first kappa shape index (κ1) is 15.7. The molecule has 1 aromatic carbocycles. The maximum atomic E-state index is 12.4. The van der Waals surface area contributed by atoms with Crippen LogP contribution in [0.4, 0.5) is 0 Å². The predicted molar refractivity (Wildman–Crippen MR) is 95.5 cm³/mol. The van der Waals surface area contributed by atoms with Crippen molar-refractivity contribution in [2.24, 2.45) is 0 Å². The van der Waals surface area contributed by atoms with E-state index in [1.54, 1.807) is 12.4 Å². The minimum absolute atomic E-state index is 0.0883. The average Bonchev–Trinajstić information content (AvgIpc) is 3.36. The van der Waals surface area contributed by atoms with Crippen LogP contribution in [0, 0.1) is 0 Å². The summed E-state index contributed by atoms with van der Waals surface area (Å²) in [5.41, 5.74) is 3.00. The molecule has 0 spiro atoms. The third kappa shape index (κ3) is 3.49. The number of hydrogen-bond acceptors (Lipinski definition) is 3. The van der Waals surface area contributed by atoms with Crippen molar-refractivity contribution in [3.05, 3.63) is 72.3 Å². The minimum Gasteiger partial charge on any atom is -0.357 e. The summed E-state index contributed by atoms with van der Waals surface area (Å²) in [6, 6.07) is 14.0. The van der Waals surface area contributed by atoms with E-state index in [2.05, 4.69) is 39.2 Å². The molecule has 1 amide bonds. The number of aromatic amines is 1. The van der Waals surface area contributed by atoms with Crippen LogP contribution in [0.15, 0.2) is 61.1 Å². The summed E-state index contributed by atoms with van der Waals surface area (Å²) in [7, 11) is 0. The van der Waals surface area contributed by atoms with E-state index >= 15 is 0 Å². The predicted octanol–water partition coefficient (Wildman–Crippen LogP) is 2.16. The Bertz CT molecular complexity index is 817. The average molecular weight is 335 g/mol. The van der Waals surface area contributed by atoms with Crippen molar-refractivity contribution in [1.29, 1.82) is 0 Å². The number of rotatable bonds is 4. The number of carbonyl (C=O) groups is 1. The fourth-order valence-corrected chi connectivity index (χ4v) is 3.22. The molecule has 2 aromatic heterocycles. The highest BCUT2D eigenvalue weighted by Gasteiger charge is 2.22. The molecule has 0 radical (unpaired) electrons. The van der Waals surface area contributed by atoms with Crippen LogP contribution in [-0.4, -0.2) is 56.7 Å². The lowest BCUT2D eigenvalue weighted by molar-refractivity contribution is 0.0623. The smallest absolute Gasteiger partial charge is 0.270 e. The second-order valence-electron chi connectivity index (χ2n) is 6.27.